The fourth-order valence-corrected chi connectivity index (χ4v) is 0. The van der Waals surface area contributed by atoms with Crippen molar-refractivity contribution in [2.24, 2.45) is 0 Å². The van der Waals surface area contributed by atoms with Gasteiger partial charge in [0.15, 0.2) is 0 Å². The van der Waals surface area contributed by atoms with E-state index in [-0.39, 0.29) is 6.61 Å². The third-order valence-electron chi connectivity index (χ3n) is 0.204. The summed E-state index contributed by atoms with van der Waals surface area (Å²) in [6.07, 6.45) is 0.764. The van der Waals surface area contributed by atoms with Crippen LogP contribution in [0.15, 0.2) is 0 Å². The molecule has 0 unspecified atom stereocenters. The van der Waals surface area contributed by atoms with E-state index in [0.717, 1.165) is 6.42 Å². The standard InChI is InChI=1S/C3H7O/c1-2-3-4/h2-3H2,1H3/q+1. The summed E-state index contributed by atoms with van der Waals surface area (Å²) in [7, 11) is 0. The van der Waals surface area contributed by atoms with Gasteiger partial charge in [-0.15, -0.1) is 0 Å². The Balaban J connectivity index is 1.97. The lowest BCUT2D eigenvalue weighted by Gasteiger charge is -1.48. The number of rotatable bonds is 1. The average molecular weight is 59.1 g/mol. The second-order valence-electron chi connectivity index (χ2n) is 0.704. The van der Waals surface area contributed by atoms with E-state index >= 15 is 0 Å². The van der Waals surface area contributed by atoms with Crippen LogP contribution in [-0.4, -0.2) is 6.61 Å². The first kappa shape index (κ1) is 3.96. The Morgan fingerprint density at radius 3 is 2.00 bits per heavy atom. The van der Waals surface area contributed by atoms with Gasteiger partial charge in [-0.05, 0) is 0 Å². The molecular weight excluding hydrogens is 52.0 g/mol. The lowest BCUT2D eigenvalue weighted by molar-refractivity contribution is 0.193. The Morgan fingerprint density at radius 1 is 1.75 bits per heavy atom. The third-order valence-corrected chi connectivity index (χ3v) is 0.204. The highest BCUT2D eigenvalue weighted by molar-refractivity contribution is 4.09. The van der Waals surface area contributed by atoms with Crippen LogP contribution in [0.5, 0.6) is 0 Å². The zero-order chi connectivity index (χ0) is 3.41. The molecule has 0 bridgehead atoms. The molecule has 4 heavy (non-hydrogen) atoms. The molecule has 1 nitrogen and oxygen atoms in total. The molecule has 0 N–H and O–H groups in total. The quantitative estimate of drug-likeness (QED) is 0.399. The van der Waals surface area contributed by atoms with Crippen molar-refractivity contribution in [1.29, 1.82) is 0 Å². The van der Waals surface area contributed by atoms with Gasteiger partial charge in [0.25, 0.3) is 5.11 Å². The van der Waals surface area contributed by atoms with Gasteiger partial charge in [0.2, 0.25) is 0 Å². The Labute approximate surface area is 26.3 Å². The van der Waals surface area contributed by atoms with Crippen molar-refractivity contribution in [3.8, 4) is 0 Å². The van der Waals surface area contributed by atoms with Gasteiger partial charge in [-0.3, -0.25) is 0 Å². The van der Waals surface area contributed by atoms with Crippen molar-refractivity contribution in [2.45, 2.75) is 13.3 Å². The summed E-state index contributed by atoms with van der Waals surface area (Å²) in [4.78, 5) is 0. The van der Waals surface area contributed by atoms with Crippen LogP contribution in [0, 0.1) is 0 Å². The highest BCUT2D eigenvalue weighted by atomic mass is 16.2. The number of hydrogen-bond acceptors (Lipinski definition) is 0. The molecule has 0 aliphatic rings. The molecule has 0 aromatic heterocycles. The normalized spacial score (nSPS) is 7.50. The molecule has 0 heterocycles. The van der Waals surface area contributed by atoms with Gasteiger partial charge in [-0.1, -0.05) is 6.92 Å². The van der Waals surface area contributed by atoms with Crippen LogP contribution in [0.4, 0.5) is 0 Å². The molecule has 0 fully saturated rings. The second-order valence-corrected chi connectivity index (χ2v) is 0.704. The molecular formula is C3H7O+. The maximum Gasteiger partial charge on any atom is 0.336 e. The van der Waals surface area contributed by atoms with Gasteiger partial charge < -0.3 is 0 Å². The van der Waals surface area contributed by atoms with Crippen molar-refractivity contribution in [3.05, 3.63) is 0 Å². The minimum atomic E-state index is 0.0694. The Bertz CT molecular complexity index is 5.25. The Hall–Kier alpha value is -0.0400. The first-order valence-electron chi connectivity index (χ1n) is 1.50. The predicted octanol–water partition coefficient (Wildman–Crippen LogP) is 0.827. The van der Waals surface area contributed by atoms with Gasteiger partial charge in [-0.25, -0.2) is 0 Å². The van der Waals surface area contributed by atoms with E-state index in [1.165, 1.54) is 0 Å². The van der Waals surface area contributed by atoms with Gasteiger partial charge in [-0.2, -0.15) is 0 Å². The highest BCUT2D eigenvalue weighted by Crippen LogP contribution is 1.62. The molecule has 0 amide bonds. The molecule has 2 radical (unpaired) electrons. The van der Waals surface area contributed by atoms with Crippen LogP contribution in [0.1, 0.15) is 13.3 Å². The van der Waals surface area contributed by atoms with Gasteiger partial charge in [0.05, 0.1) is 0 Å². The SMILES string of the molecule is CCC[O+]. The molecule has 0 saturated heterocycles. The third kappa shape index (κ3) is 1.96. The highest BCUT2D eigenvalue weighted by Gasteiger charge is 1.80. The van der Waals surface area contributed by atoms with Crippen molar-refractivity contribution in [1.82, 2.24) is 0 Å². The summed E-state index contributed by atoms with van der Waals surface area (Å²) in [5.41, 5.74) is 0. The molecule has 0 aliphatic heterocycles. The lowest BCUT2D eigenvalue weighted by Crippen LogP contribution is -1.66. The van der Waals surface area contributed by atoms with Crippen LogP contribution in [-0.2, 0) is 5.11 Å². The molecule has 0 rings (SSSR count). The van der Waals surface area contributed by atoms with E-state index in [1.54, 1.807) is 0 Å². The van der Waals surface area contributed by atoms with Crippen LogP contribution in [0.3, 0.4) is 0 Å². The fourth-order valence-electron chi connectivity index (χ4n) is 0. The fraction of sp³-hybridized carbons (Fsp3) is 1.00. The zero-order valence-corrected chi connectivity index (χ0v) is 2.82. The summed E-state index contributed by atoms with van der Waals surface area (Å²) in [6.45, 7) is 1.94. The molecule has 0 aliphatic carbocycles. The Morgan fingerprint density at radius 2 is 2.00 bits per heavy atom. The first-order valence-corrected chi connectivity index (χ1v) is 1.50. The Kier molecular flexibility index (Phi) is 2.93. The van der Waals surface area contributed by atoms with Gasteiger partial charge >= 0.3 is 6.61 Å². The maximum absolute atomic E-state index is 9.30. The van der Waals surface area contributed by atoms with Gasteiger partial charge in [0.1, 0.15) is 0 Å². The van der Waals surface area contributed by atoms with Crippen molar-refractivity contribution >= 4 is 0 Å². The molecule has 0 aromatic carbocycles. The average Bonchev–Trinajstić information content (AvgIpc) is 1.37. The lowest BCUT2D eigenvalue weighted by atomic mass is 10.5. The van der Waals surface area contributed by atoms with Crippen molar-refractivity contribution in [3.63, 3.8) is 0 Å². The van der Waals surface area contributed by atoms with Crippen LogP contribution >= 0.6 is 0 Å². The molecule has 0 saturated carbocycles. The minimum Gasteiger partial charge on any atom is -0.0573 e. The van der Waals surface area contributed by atoms with Crippen LogP contribution in [0.2, 0.25) is 0 Å². The summed E-state index contributed by atoms with van der Waals surface area (Å²) < 4.78 is 0. The van der Waals surface area contributed by atoms with Crippen molar-refractivity contribution < 1.29 is 5.11 Å². The van der Waals surface area contributed by atoms with E-state index in [9.17, 15) is 5.11 Å². The topological polar surface area (TPSA) is 19.9 Å². The maximum atomic E-state index is 9.30. The van der Waals surface area contributed by atoms with Crippen LogP contribution in [0.25, 0.3) is 0 Å². The molecule has 0 spiro atoms. The van der Waals surface area contributed by atoms with E-state index in [4.69, 9.17) is 0 Å². The summed E-state index contributed by atoms with van der Waals surface area (Å²) >= 11 is 0. The number of hydrogen-bond donors (Lipinski definition) is 0. The smallest absolute Gasteiger partial charge is 0.0573 e. The minimum absolute atomic E-state index is 0.0694. The van der Waals surface area contributed by atoms with E-state index in [1.807, 2.05) is 6.92 Å². The zero-order valence-electron chi connectivity index (χ0n) is 2.82. The largest absolute Gasteiger partial charge is 0.336 e. The first-order chi connectivity index (χ1) is 1.91. The predicted molar refractivity (Wildman–Crippen MR) is 15.8 cm³/mol. The summed E-state index contributed by atoms with van der Waals surface area (Å²) in [6, 6.07) is 0. The molecule has 0 aromatic rings. The second kappa shape index (κ2) is 2.96. The molecule has 1 heteroatoms. The van der Waals surface area contributed by atoms with Gasteiger partial charge in [0, 0.05) is 6.42 Å². The summed E-state index contributed by atoms with van der Waals surface area (Å²) in [5, 5.41) is 9.30. The van der Waals surface area contributed by atoms with E-state index < -0.39 is 0 Å². The van der Waals surface area contributed by atoms with Crippen LogP contribution < -0.4 is 0 Å². The monoisotopic (exact) mass is 59.0 g/mol. The molecule has 24 valence electrons. The summed E-state index contributed by atoms with van der Waals surface area (Å²) in [5.74, 6) is 0. The molecule has 0 atom stereocenters. The van der Waals surface area contributed by atoms with Crippen molar-refractivity contribution in [2.75, 3.05) is 6.61 Å². The van der Waals surface area contributed by atoms with E-state index in [0.29, 0.717) is 0 Å². The van der Waals surface area contributed by atoms with E-state index in [2.05, 4.69) is 0 Å².